The van der Waals surface area contributed by atoms with E-state index in [1.165, 1.54) is 13.2 Å². The lowest BCUT2D eigenvalue weighted by Crippen LogP contribution is -2.14. The third-order valence-corrected chi connectivity index (χ3v) is 3.32. The molecule has 0 radical (unpaired) electrons. The van der Waals surface area contributed by atoms with Gasteiger partial charge >= 0.3 is 6.18 Å². The van der Waals surface area contributed by atoms with E-state index in [-0.39, 0.29) is 17.9 Å². The zero-order valence-electron chi connectivity index (χ0n) is 12.6. The number of nitrogens with one attached hydrogen (secondary N) is 1. The molecule has 0 fully saturated rings. The highest BCUT2D eigenvalue weighted by Gasteiger charge is 2.35. The van der Waals surface area contributed by atoms with Crippen molar-refractivity contribution in [2.24, 2.45) is 0 Å². The van der Waals surface area contributed by atoms with Gasteiger partial charge < -0.3 is 10.1 Å². The van der Waals surface area contributed by atoms with E-state index in [1.54, 1.807) is 36.5 Å². The Morgan fingerprint density at radius 2 is 1.96 bits per heavy atom. The summed E-state index contributed by atoms with van der Waals surface area (Å²) in [6, 6.07) is 10.0. The quantitative estimate of drug-likeness (QED) is 0.789. The Morgan fingerprint density at radius 1 is 1.12 bits per heavy atom. The van der Waals surface area contributed by atoms with Crippen molar-refractivity contribution < 1.29 is 17.9 Å². The smallest absolute Gasteiger partial charge is 0.451 e. The van der Waals surface area contributed by atoms with Crippen LogP contribution in [0.4, 0.5) is 19.0 Å². The van der Waals surface area contributed by atoms with Crippen LogP contribution in [0.2, 0.25) is 0 Å². The number of methoxy groups -OCH3 is 1. The zero-order chi connectivity index (χ0) is 17.2. The number of fused-ring (bicyclic) bond motifs is 1. The van der Waals surface area contributed by atoms with E-state index in [0.29, 0.717) is 16.8 Å². The Kier molecular flexibility index (Phi) is 4.20. The predicted molar refractivity (Wildman–Crippen MR) is 82.7 cm³/mol. The van der Waals surface area contributed by atoms with Gasteiger partial charge in [0, 0.05) is 17.6 Å². The lowest BCUT2D eigenvalue weighted by atomic mass is 10.2. The standard InChI is InChI=1S/C16H13F3N4O/c1-24-11-5-6-12-13(8-11)22-15(16(17,18)19)23-14(12)21-9-10-4-2-3-7-20-10/h2-8H,9H2,1H3,(H,21,22,23). The molecule has 0 aliphatic rings. The van der Waals surface area contributed by atoms with Crippen LogP contribution in [0.1, 0.15) is 11.5 Å². The second-order valence-electron chi connectivity index (χ2n) is 4.95. The average molecular weight is 334 g/mol. The van der Waals surface area contributed by atoms with Gasteiger partial charge in [-0.05, 0) is 24.3 Å². The number of anilines is 1. The lowest BCUT2D eigenvalue weighted by molar-refractivity contribution is -0.144. The van der Waals surface area contributed by atoms with Gasteiger partial charge in [-0.25, -0.2) is 9.97 Å². The number of hydrogen-bond donors (Lipinski definition) is 1. The average Bonchev–Trinajstić information content (AvgIpc) is 2.59. The van der Waals surface area contributed by atoms with Crippen LogP contribution in [0, 0.1) is 0 Å². The van der Waals surface area contributed by atoms with Gasteiger partial charge in [-0.15, -0.1) is 0 Å². The number of nitrogens with zero attached hydrogens (tertiary/aromatic N) is 3. The molecule has 0 amide bonds. The Morgan fingerprint density at radius 3 is 2.62 bits per heavy atom. The number of aromatic nitrogens is 3. The molecule has 0 spiro atoms. The number of benzene rings is 1. The van der Waals surface area contributed by atoms with E-state index in [0.717, 1.165) is 0 Å². The maximum atomic E-state index is 13.0. The third-order valence-electron chi connectivity index (χ3n) is 3.32. The molecule has 0 unspecified atom stereocenters. The van der Waals surface area contributed by atoms with Crippen LogP contribution >= 0.6 is 0 Å². The first-order valence-corrected chi connectivity index (χ1v) is 7.04. The number of alkyl halides is 3. The van der Waals surface area contributed by atoms with Crippen molar-refractivity contribution in [3.63, 3.8) is 0 Å². The summed E-state index contributed by atoms with van der Waals surface area (Å²) in [6.45, 7) is 0.246. The molecule has 3 aromatic rings. The molecule has 124 valence electrons. The van der Waals surface area contributed by atoms with Crippen LogP contribution in [-0.4, -0.2) is 22.1 Å². The summed E-state index contributed by atoms with van der Waals surface area (Å²) >= 11 is 0. The molecule has 2 aromatic heterocycles. The van der Waals surface area contributed by atoms with Gasteiger partial charge in [-0.3, -0.25) is 4.98 Å². The number of hydrogen-bond acceptors (Lipinski definition) is 5. The Hall–Kier alpha value is -2.90. The molecular weight excluding hydrogens is 321 g/mol. The molecule has 3 rings (SSSR count). The molecule has 0 saturated carbocycles. The molecule has 24 heavy (non-hydrogen) atoms. The molecule has 1 aromatic carbocycles. The molecule has 0 aliphatic heterocycles. The second kappa shape index (κ2) is 6.31. The number of rotatable bonds is 4. The van der Waals surface area contributed by atoms with Crippen molar-refractivity contribution in [3.8, 4) is 5.75 Å². The van der Waals surface area contributed by atoms with E-state index in [9.17, 15) is 13.2 Å². The molecule has 0 bridgehead atoms. The summed E-state index contributed by atoms with van der Waals surface area (Å²) in [6.07, 6.45) is -3.03. The fourth-order valence-electron chi connectivity index (χ4n) is 2.17. The summed E-state index contributed by atoms with van der Waals surface area (Å²) in [7, 11) is 1.44. The maximum Gasteiger partial charge on any atom is 0.451 e. The van der Waals surface area contributed by atoms with Gasteiger partial charge in [0.2, 0.25) is 5.82 Å². The zero-order valence-corrected chi connectivity index (χ0v) is 12.6. The van der Waals surface area contributed by atoms with Crippen LogP contribution in [0.25, 0.3) is 10.9 Å². The highest BCUT2D eigenvalue weighted by Crippen LogP contribution is 2.31. The normalized spacial score (nSPS) is 11.5. The van der Waals surface area contributed by atoms with Gasteiger partial charge in [0.15, 0.2) is 0 Å². The highest BCUT2D eigenvalue weighted by molar-refractivity contribution is 5.90. The summed E-state index contributed by atoms with van der Waals surface area (Å²) in [5, 5.41) is 3.37. The summed E-state index contributed by atoms with van der Waals surface area (Å²) in [5.41, 5.74) is 0.839. The topological polar surface area (TPSA) is 59.9 Å². The van der Waals surface area contributed by atoms with Crippen LogP contribution in [0.15, 0.2) is 42.6 Å². The van der Waals surface area contributed by atoms with Crippen LogP contribution in [-0.2, 0) is 12.7 Å². The SMILES string of the molecule is COc1ccc2c(NCc3ccccn3)nc(C(F)(F)F)nc2c1. The van der Waals surface area contributed by atoms with Gasteiger partial charge in [0.1, 0.15) is 11.6 Å². The summed E-state index contributed by atoms with van der Waals surface area (Å²) < 4.78 is 44.2. The van der Waals surface area contributed by atoms with Gasteiger partial charge in [0.05, 0.1) is 24.9 Å². The largest absolute Gasteiger partial charge is 0.497 e. The van der Waals surface area contributed by atoms with Gasteiger partial charge in [0.25, 0.3) is 0 Å². The Labute approximate surface area is 135 Å². The maximum absolute atomic E-state index is 13.0. The molecule has 0 atom stereocenters. The van der Waals surface area contributed by atoms with E-state index in [4.69, 9.17) is 4.74 Å². The molecular formula is C16H13F3N4O. The summed E-state index contributed by atoms with van der Waals surface area (Å²) in [4.78, 5) is 11.4. The Bertz CT molecular complexity index is 853. The first kappa shape index (κ1) is 16.0. The lowest BCUT2D eigenvalue weighted by Gasteiger charge is -2.12. The molecule has 8 heteroatoms. The van der Waals surface area contributed by atoms with Crippen molar-refractivity contribution in [3.05, 3.63) is 54.1 Å². The number of ether oxygens (including phenoxy) is 1. The van der Waals surface area contributed by atoms with E-state index in [2.05, 4.69) is 20.3 Å². The minimum atomic E-state index is -4.64. The number of halogens is 3. The third kappa shape index (κ3) is 3.37. The summed E-state index contributed by atoms with van der Waals surface area (Å²) in [5.74, 6) is -0.683. The predicted octanol–water partition coefficient (Wildman–Crippen LogP) is 3.66. The molecule has 0 saturated heterocycles. The molecule has 5 nitrogen and oxygen atoms in total. The van der Waals surface area contributed by atoms with E-state index in [1.807, 2.05) is 0 Å². The highest BCUT2D eigenvalue weighted by atomic mass is 19.4. The molecule has 0 aliphatic carbocycles. The van der Waals surface area contributed by atoms with Crippen molar-refractivity contribution in [2.75, 3.05) is 12.4 Å². The Balaban J connectivity index is 2.03. The van der Waals surface area contributed by atoms with Crippen LogP contribution in [0.3, 0.4) is 0 Å². The van der Waals surface area contributed by atoms with Crippen molar-refractivity contribution >= 4 is 16.7 Å². The first-order valence-electron chi connectivity index (χ1n) is 7.04. The van der Waals surface area contributed by atoms with E-state index < -0.39 is 12.0 Å². The minimum absolute atomic E-state index is 0.0978. The van der Waals surface area contributed by atoms with Gasteiger partial charge in [-0.2, -0.15) is 13.2 Å². The van der Waals surface area contributed by atoms with Gasteiger partial charge in [-0.1, -0.05) is 6.07 Å². The monoisotopic (exact) mass is 334 g/mol. The molecule has 2 heterocycles. The van der Waals surface area contributed by atoms with Crippen molar-refractivity contribution in [1.82, 2.24) is 15.0 Å². The van der Waals surface area contributed by atoms with Crippen molar-refractivity contribution in [1.29, 1.82) is 0 Å². The molecule has 1 N–H and O–H groups in total. The van der Waals surface area contributed by atoms with E-state index >= 15 is 0 Å². The first-order chi connectivity index (χ1) is 11.5. The van der Waals surface area contributed by atoms with Crippen molar-refractivity contribution in [2.45, 2.75) is 12.7 Å². The second-order valence-corrected chi connectivity index (χ2v) is 4.95. The number of pyridine rings is 1. The fourth-order valence-corrected chi connectivity index (χ4v) is 2.17. The minimum Gasteiger partial charge on any atom is -0.497 e. The van der Waals surface area contributed by atoms with Crippen LogP contribution in [0.5, 0.6) is 5.75 Å². The fraction of sp³-hybridized carbons (Fsp3) is 0.188. The van der Waals surface area contributed by atoms with Crippen LogP contribution < -0.4 is 10.1 Å².